The van der Waals surface area contributed by atoms with E-state index in [4.69, 9.17) is 5.73 Å². The second kappa shape index (κ2) is 7.56. The molecule has 0 saturated carbocycles. The van der Waals surface area contributed by atoms with Crippen molar-refractivity contribution in [3.8, 4) is 0 Å². The van der Waals surface area contributed by atoms with Gasteiger partial charge in [-0.3, -0.25) is 9.59 Å². The summed E-state index contributed by atoms with van der Waals surface area (Å²) in [5.74, 6) is 0.649. The molecule has 136 valence electrons. The fraction of sp³-hybridized carbons (Fsp3) is 0.600. The van der Waals surface area contributed by atoms with Crippen molar-refractivity contribution in [2.75, 3.05) is 26.2 Å². The maximum Gasteiger partial charge on any atom is 0.246 e. The molecular weight excluding hydrogens is 314 g/mol. The molecule has 2 amide bonds. The zero-order valence-corrected chi connectivity index (χ0v) is 15.1. The van der Waals surface area contributed by atoms with E-state index in [2.05, 4.69) is 0 Å². The van der Waals surface area contributed by atoms with Gasteiger partial charge in [0.25, 0.3) is 0 Å². The van der Waals surface area contributed by atoms with Crippen LogP contribution in [0.2, 0.25) is 0 Å². The number of carbonyl (C=O) groups is 2. The molecule has 0 radical (unpaired) electrons. The first-order chi connectivity index (χ1) is 12.0. The zero-order valence-electron chi connectivity index (χ0n) is 15.1. The summed E-state index contributed by atoms with van der Waals surface area (Å²) in [6, 6.07) is 9.54. The first-order valence-corrected chi connectivity index (χ1v) is 9.40. The van der Waals surface area contributed by atoms with Crippen LogP contribution in [0.5, 0.6) is 0 Å². The van der Waals surface area contributed by atoms with Gasteiger partial charge in [0.1, 0.15) is 5.54 Å². The van der Waals surface area contributed by atoms with Crippen LogP contribution in [0.1, 0.15) is 44.6 Å². The number of likely N-dealkylation sites (tertiary alicyclic amines) is 2. The summed E-state index contributed by atoms with van der Waals surface area (Å²) in [5.41, 5.74) is 6.20. The lowest BCUT2D eigenvalue weighted by atomic mass is 9.88. The lowest BCUT2D eigenvalue weighted by Crippen LogP contribution is -2.53. The molecule has 2 saturated heterocycles. The standard InChI is InChI=1S/C20H29N3O2/c1-20(21,17-7-3-2-4-8-17)19(25)23-13-9-16(10-14-23)15-18(24)22-11-5-6-12-22/h2-4,7-8,16H,5-6,9-15,21H2,1H3. The molecule has 5 nitrogen and oxygen atoms in total. The van der Waals surface area contributed by atoms with Gasteiger partial charge in [-0.25, -0.2) is 0 Å². The first-order valence-electron chi connectivity index (χ1n) is 9.40. The van der Waals surface area contributed by atoms with Crippen LogP contribution in [0.25, 0.3) is 0 Å². The minimum absolute atomic E-state index is 0.0250. The van der Waals surface area contributed by atoms with Gasteiger partial charge in [-0.05, 0) is 44.1 Å². The Morgan fingerprint density at radius 3 is 2.24 bits per heavy atom. The number of hydrogen-bond donors (Lipinski definition) is 1. The molecule has 2 aliphatic heterocycles. The second-order valence-electron chi connectivity index (χ2n) is 7.60. The van der Waals surface area contributed by atoms with Crippen molar-refractivity contribution < 1.29 is 9.59 Å². The average molecular weight is 343 g/mol. The normalized spacial score (nSPS) is 21.2. The molecule has 0 aromatic heterocycles. The zero-order chi connectivity index (χ0) is 17.9. The Morgan fingerprint density at radius 1 is 1.04 bits per heavy atom. The first kappa shape index (κ1) is 17.9. The molecule has 1 atom stereocenters. The number of amides is 2. The molecule has 1 aromatic rings. The Bertz CT molecular complexity index is 601. The summed E-state index contributed by atoms with van der Waals surface area (Å²) in [5, 5.41) is 0. The van der Waals surface area contributed by atoms with Crippen LogP contribution in [0, 0.1) is 5.92 Å². The maximum atomic E-state index is 12.9. The van der Waals surface area contributed by atoms with Crippen LogP contribution in [0.15, 0.2) is 30.3 Å². The summed E-state index contributed by atoms with van der Waals surface area (Å²) in [4.78, 5) is 29.0. The molecule has 3 rings (SSSR count). The molecule has 2 aliphatic rings. The second-order valence-corrected chi connectivity index (χ2v) is 7.60. The molecule has 0 bridgehead atoms. The van der Waals surface area contributed by atoms with Crippen molar-refractivity contribution in [1.29, 1.82) is 0 Å². The molecule has 2 heterocycles. The van der Waals surface area contributed by atoms with E-state index in [1.54, 1.807) is 6.92 Å². The van der Waals surface area contributed by atoms with Gasteiger partial charge in [-0.15, -0.1) is 0 Å². The largest absolute Gasteiger partial charge is 0.343 e. The molecule has 5 heteroatoms. The quantitative estimate of drug-likeness (QED) is 0.910. The summed E-state index contributed by atoms with van der Waals surface area (Å²) in [6.45, 7) is 5.00. The molecule has 25 heavy (non-hydrogen) atoms. The van der Waals surface area contributed by atoms with Crippen molar-refractivity contribution in [2.24, 2.45) is 11.7 Å². The number of benzene rings is 1. The highest BCUT2D eigenvalue weighted by molar-refractivity contribution is 5.87. The van der Waals surface area contributed by atoms with Crippen molar-refractivity contribution >= 4 is 11.8 Å². The predicted octanol–water partition coefficient (Wildman–Crippen LogP) is 2.11. The minimum Gasteiger partial charge on any atom is -0.343 e. The van der Waals surface area contributed by atoms with E-state index in [0.29, 0.717) is 25.4 Å². The van der Waals surface area contributed by atoms with Gasteiger partial charge in [0, 0.05) is 32.6 Å². The van der Waals surface area contributed by atoms with Gasteiger partial charge in [0.05, 0.1) is 0 Å². The third-order valence-electron chi connectivity index (χ3n) is 5.64. The Balaban J connectivity index is 1.53. The number of rotatable bonds is 4. The number of piperidine rings is 1. The van der Waals surface area contributed by atoms with E-state index in [1.165, 1.54) is 0 Å². The third-order valence-corrected chi connectivity index (χ3v) is 5.64. The fourth-order valence-corrected chi connectivity index (χ4v) is 3.92. The number of carbonyl (C=O) groups excluding carboxylic acids is 2. The van der Waals surface area contributed by atoms with Crippen LogP contribution in [-0.4, -0.2) is 47.8 Å². The van der Waals surface area contributed by atoms with Crippen LogP contribution in [0.4, 0.5) is 0 Å². The minimum atomic E-state index is -1.00. The van der Waals surface area contributed by atoms with Gasteiger partial charge in [0.2, 0.25) is 11.8 Å². The van der Waals surface area contributed by atoms with Gasteiger partial charge in [-0.2, -0.15) is 0 Å². The molecule has 0 aliphatic carbocycles. The number of nitrogens with zero attached hydrogens (tertiary/aromatic N) is 2. The van der Waals surface area contributed by atoms with Crippen molar-refractivity contribution in [3.63, 3.8) is 0 Å². The van der Waals surface area contributed by atoms with Crippen molar-refractivity contribution in [2.45, 2.75) is 44.6 Å². The molecule has 2 fully saturated rings. The summed E-state index contributed by atoms with van der Waals surface area (Å²) < 4.78 is 0. The fourth-order valence-electron chi connectivity index (χ4n) is 3.92. The van der Waals surface area contributed by atoms with Gasteiger partial charge in [-0.1, -0.05) is 30.3 Å². The molecule has 1 aromatic carbocycles. The van der Waals surface area contributed by atoms with E-state index in [-0.39, 0.29) is 11.8 Å². The number of nitrogens with two attached hydrogens (primary N) is 1. The summed E-state index contributed by atoms with van der Waals surface area (Å²) in [6.07, 6.45) is 4.66. The molecule has 0 spiro atoms. The van der Waals surface area contributed by atoms with Crippen LogP contribution in [0.3, 0.4) is 0 Å². The highest BCUT2D eigenvalue weighted by atomic mass is 16.2. The van der Waals surface area contributed by atoms with Crippen molar-refractivity contribution in [1.82, 2.24) is 9.80 Å². The lowest BCUT2D eigenvalue weighted by molar-refractivity contribution is -0.138. The lowest BCUT2D eigenvalue weighted by Gasteiger charge is -2.37. The van der Waals surface area contributed by atoms with Gasteiger partial charge < -0.3 is 15.5 Å². The molecular formula is C20H29N3O2. The Morgan fingerprint density at radius 2 is 1.64 bits per heavy atom. The van der Waals surface area contributed by atoms with E-state index in [0.717, 1.165) is 44.3 Å². The third kappa shape index (κ3) is 4.03. The summed E-state index contributed by atoms with van der Waals surface area (Å²) in [7, 11) is 0. The van der Waals surface area contributed by atoms with E-state index in [9.17, 15) is 9.59 Å². The SMILES string of the molecule is CC(N)(C(=O)N1CCC(CC(=O)N2CCCC2)CC1)c1ccccc1. The smallest absolute Gasteiger partial charge is 0.246 e. The van der Waals surface area contributed by atoms with E-state index in [1.807, 2.05) is 40.1 Å². The highest BCUT2D eigenvalue weighted by Gasteiger charge is 2.36. The Hall–Kier alpha value is -1.88. The van der Waals surface area contributed by atoms with Crippen LogP contribution in [-0.2, 0) is 15.1 Å². The number of hydrogen-bond acceptors (Lipinski definition) is 3. The van der Waals surface area contributed by atoms with E-state index < -0.39 is 5.54 Å². The Kier molecular flexibility index (Phi) is 5.42. The molecule has 2 N–H and O–H groups in total. The topological polar surface area (TPSA) is 66.6 Å². The van der Waals surface area contributed by atoms with Crippen molar-refractivity contribution in [3.05, 3.63) is 35.9 Å². The summed E-state index contributed by atoms with van der Waals surface area (Å²) >= 11 is 0. The van der Waals surface area contributed by atoms with E-state index >= 15 is 0 Å². The van der Waals surface area contributed by atoms with Crippen LogP contribution < -0.4 is 5.73 Å². The van der Waals surface area contributed by atoms with Gasteiger partial charge >= 0.3 is 0 Å². The molecule has 1 unspecified atom stereocenters. The Labute approximate surface area is 150 Å². The maximum absolute atomic E-state index is 12.9. The van der Waals surface area contributed by atoms with Crippen LogP contribution >= 0.6 is 0 Å². The predicted molar refractivity (Wildman–Crippen MR) is 97.7 cm³/mol. The monoisotopic (exact) mass is 343 g/mol. The highest BCUT2D eigenvalue weighted by Crippen LogP contribution is 2.26. The average Bonchev–Trinajstić information content (AvgIpc) is 3.17. The van der Waals surface area contributed by atoms with Gasteiger partial charge in [0.15, 0.2) is 0 Å².